The molecular formula is C11H16N4O. The molecule has 2 aromatic heterocycles. The summed E-state index contributed by atoms with van der Waals surface area (Å²) in [6.45, 7) is 6.23. The normalized spacial score (nSPS) is 11.1. The average Bonchev–Trinajstić information content (AvgIpc) is 2.72. The molecule has 0 bridgehead atoms. The number of nitrogens with zero attached hydrogens (tertiary/aromatic N) is 4. The molecule has 0 aromatic carbocycles. The van der Waals surface area contributed by atoms with Gasteiger partial charge < -0.3 is 9.30 Å². The first-order valence-electron chi connectivity index (χ1n) is 5.59. The van der Waals surface area contributed by atoms with Crippen LogP contribution in [0, 0.1) is 0 Å². The van der Waals surface area contributed by atoms with Gasteiger partial charge in [-0.1, -0.05) is 6.92 Å². The van der Waals surface area contributed by atoms with Crippen molar-refractivity contribution < 1.29 is 4.74 Å². The van der Waals surface area contributed by atoms with Crippen molar-refractivity contribution in [3.63, 3.8) is 0 Å². The van der Waals surface area contributed by atoms with E-state index in [1.54, 1.807) is 12.5 Å². The molecule has 5 heteroatoms. The number of aryl methyl sites for hydroxylation is 1. The predicted octanol–water partition coefficient (Wildman–Crippen LogP) is 1.43. The Bertz CT molecular complexity index is 466. The molecule has 0 aliphatic rings. The number of ether oxygens (including phenoxy) is 1. The lowest BCUT2D eigenvalue weighted by Gasteiger charge is -2.03. The first kappa shape index (κ1) is 11.0. The van der Waals surface area contributed by atoms with E-state index in [4.69, 9.17) is 4.74 Å². The first-order chi connectivity index (χ1) is 7.85. The fourth-order valence-corrected chi connectivity index (χ4v) is 1.52. The molecule has 2 aromatic rings. The lowest BCUT2D eigenvalue weighted by Crippen LogP contribution is -2.05. The first-order valence-corrected chi connectivity index (χ1v) is 5.59. The Morgan fingerprint density at radius 2 is 2.19 bits per heavy atom. The SMILES string of the molecule is CCOCCn1cnc2nc(CC)cnc21. The number of rotatable bonds is 5. The van der Waals surface area contributed by atoms with Crippen LogP contribution in [0.15, 0.2) is 12.5 Å². The lowest BCUT2D eigenvalue weighted by molar-refractivity contribution is 0.139. The molecule has 0 saturated heterocycles. The minimum Gasteiger partial charge on any atom is -0.380 e. The molecule has 0 saturated carbocycles. The molecule has 86 valence electrons. The lowest BCUT2D eigenvalue weighted by atomic mass is 10.3. The molecule has 0 amide bonds. The van der Waals surface area contributed by atoms with Gasteiger partial charge in [-0.15, -0.1) is 0 Å². The third-order valence-corrected chi connectivity index (χ3v) is 2.42. The zero-order chi connectivity index (χ0) is 11.4. The second kappa shape index (κ2) is 5.03. The minimum absolute atomic E-state index is 0.680. The van der Waals surface area contributed by atoms with Gasteiger partial charge in [0.1, 0.15) is 0 Å². The van der Waals surface area contributed by atoms with Gasteiger partial charge in [-0.25, -0.2) is 15.0 Å². The van der Waals surface area contributed by atoms with E-state index >= 15 is 0 Å². The molecule has 2 rings (SSSR count). The van der Waals surface area contributed by atoms with Crippen LogP contribution in [0.4, 0.5) is 0 Å². The van der Waals surface area contributed by atoms with E-state index in [2.05, 4.69) is 21.9 Å². The predicted molar refractivity (Wildman–Crippen MR) is 61.2 cm³/mol. The summed E-state index contributed by atoms with van der Waals surface area (Å²) in [6.07, 6.45) is 4.46. The minimum atomic E-state index is 0.680. The standard InChI is InChI=1S/C11H16N4O/c1-3-9-7-12-11-10(14-9)13-8-15(11)5-6-16-4-2/h7-8H,3-6H2,1-2H3. The van der Waals surface area contributed by atoms with E-state index in [0.717, 1.165) is 36.6 Å². The second-order valence-electron chi connectivity index (χ2n) is 3.50. The third-order valence-electron chi connectivity index (χ3n) is 2.42. The summed E-state index contributed by atoms with van der Waals surface area (Å²) >= 11 is 0. The molecule has 5 nitrogen and oxygen atoms in total. The summed E-state index contributed by atoms with van der Waals surface area (Å²) in [6, 6.07) is 0. The fraction of sp³-hybridized carbons (Fsp3) is 0.545. The molecule has 0 unspecified atom stereocenters. The van der Waals surface area contributed by atoms with Gasteiger partial charge in [0.05, 0.1) is 24.8 Å². The van der Waals surface area contributed by atoms with Gasteiger partial charge in [0, 0.05) is 13.2 Å². The van der Waals surface area contributed by atoms with Crippen molar-refractivity contribution in [2.24, 2.45) is 0 Å². The molecule has 0 aliphatic carbocycles. The highest BCUT2D eigenvalue weighted by atomic mass is 16.5. The summed E-state index contributed by atoms with van der Waals surface area (Å²) in [5, 5.41) is 0. The van der Waals surface area contributed by atoms with Gasteiger partial charge in [-0.3, -0.25) is 0 Å². The van der Waals surface area contributed by atoms with Gasteiger partial charge >= 0.3 is 0 Å². The van der Waals surface area contributed by atoms with Crippen LogP contribution in [0.3, 0.4) is 0 Å². The van der Waals surface area contributed by atoms with E-state index in [-0.39, 0.29) is 0 Å². The van der Waals surface area contributed by atoms with Gasteiger partial charge in [-0.2, -0.15) is 0 Å². The molecule has 2 heterocycles. The number of aromatic nitrogens is 4. The maximum atomic E-state index is 5.30. The zero-order valence-electron chi connectivity index (χ0n) is 9.68. The van der Waals surface area contributed by atoms with Crippen molar-refractivity contribution >= 4 is 11.3 Å². The maximum absolute atomic E-state index is 5.30. The number of fused-ring (bicyclic) bond motifs is 1. The van der Waals surface area contributed by atoms with Crippen molar-refractivity contribution in [1.29, 1.82) is 0 Å². The van der Waals surface area contributed by atoms with Crippen LogP contribution in [0.2, 0.25) is 0 Å². The van der Waals surface area contributed by atoms with Crippen LogP contribution in [-0.2, 0) is 17.7 Å². The Hall–Kier alpha value is -1.49. The summed E-state index contributed by atoms with van der Waals surface area (Å²) in [5.74, 6) is 0. The van der Waals surface area contributed by atoms with Gasteiger partial charge in [-0.05, 0) is 13.3 Å². The largest absolute Gasteiger partial charge is 0.380 e. The molecule has 0 aliphatic heterocycles. The van der Waals surface area contributed by atoms with E-state index in [1.165, 1.54) is 0 Å². The molecule has 0 spiro atoms. The maximum Gasteiger partial charge on any atom is 0.197 e. The van der Waals surface area contributed by atoms with Crippen LogP contribution in [0.5, 0.6) is 0 Å². The molecular weight excluding hydrogens is 204 g/mol. The zero-order valence-corrected chi connectivity index (χ0v) is 9.68. The summed E-state index contributed by atoms with van der Waals surface area (Å²) in [7, 11) is 0. The Balaban J connectivity index is 2.20. The smallest absolute Gasteiger partial charge is 0.197 e. The molecule has 0 N–H and O–H groups in total. The van der Waals surface area contributed by atoms with Crippen molar-refractivity contribution in [3.8, 4) is 0 Å². The summed E-state index contributed by atoms with van der Waals surface area (Å²) in [4.78, 5) is 13.0. The average molecular weight is 220 g/mol. The molecule has 0 radical (unpaired) electrons. The fourth-order valence-electron chi connectivity index (χ4n) is 1.52. The summed E-state index contributed by atoms with van der Waals surface area (Å²) < 4.78 is 7.27. The highest BCUT2D eigenvalue weighted by molar-refractivity contribution is 5.65. The van der Waals surface area contributed by atoms with E-state index in [0.29, 0.717) is 6.61 Å². The Morgan fingerprint density at radius 1 is 1.31 bits per heavy atom. The second-order valence-corrected chi connectivity index (χ2v) is 3.50. The number of imidazole rings is 1. The third kappa shape index (κ3) is 2.19. The Kier molecular flexibility index (Phi) is 3.46. The van der Waals surface area contributed by atoms with Crippen LogP contribution in [-0.4, -0.2) is 32.7 Å². The number of hydrogen-bond acceptors (Lipinski definition) is 4. The van der Waals surface area contributed by atoms with Gasteiger partial charge in [0.2, 0.25) is 0 Å². The van der Waals surface area contributed by atoms with Crippen LogP contribution >= 0.6 is 0 Å². The quantitative estimate of drug-likeness (QED) is 0.715. The number of hydrogen-bond donors (Lipinski definition) is 0. The van der Waals surface area contributed by atoms with Crippen molar-refractivity contribution in [2.45, 2.75) is 26.8 Å². The van der Waals surface area contributed by atoms with Crippen LogP contribution < -0.4 is 0 Å². The Labute approximate surface area is 94.5 Å². The molecule has 16 heavy (non-hydrogen) atoms. The van der Waals surface area contributed by atoms with Gasteiger partial charge in [0.25, 0.3) is 0 Å². The highest BCUT2D eigenvalue weighted by Crippen LogP contribution is 2.08. The van der Waals surface area contributed by atoms with Crippen molar-refractivity contribution in [2.75, 3.05) is 13.2 Å². The van der Waals surface area contributed by atoms with Crippen molar-refractivity contribution in [1.82, 2.24) is 19.5 Å². The van der Waals surface area contributed by atoms with Crippen LogP contribution in [0.1, 0.15) is 19.5 Å². The van der Waals surface area contributed by atoms with Crippen molar-refractivity contribution in [3.05, 3.63) is 18.2 Å². The summed E-state index contributed by atoms with van der Waals surface area (Å²) in [5.41, 5.74) is 2.52. The van der Waals surface area contributed by atoms with Gasteiger partial charge in [0.15, 0.2) is 11.3 Å². The topological polar surface area (TPSA) is 52.8 Å². The molecule has 0 fully saturated rings. The molecule has 0 atom stereocenters. The van der Waals surface area contributed by atoms with E-state index in [1.807, 2.05) is 11.5 Å². The Morgan fingerprint density at radius 3 is 2.94 bits per heavy atom. The van der Waals surface area contributed by atoms with E-state index < -0.39 is 0 Å². The monoisotopic (exact) mass is 220 g/mol. The van der Waals surface area contributed by atoms with Crippen LogP contribution in [0.25, 0.3) is 11.3 Å². The van der Waals surface area contributed by atoms with E-state index in [9.17, 15) is 0 Å². The highest BCUT2D eigenvalue weighted by Gasteiger charge is 2.05.